The summed E-state index contributed by atoms with van der Waals surface area (Å²) in [6, 6.07) is 3.56. The molecule has 1 aromatic carbocycles. The molecule has 0 aliphatic rings. The van der Waals surface area contributed by atoms with Crippen molar-refractivity contribution in [3.63, 3.8) is 0 Å². The molecule has 0 saturated carbocycles. The first kappa shape index (κ1) is 20.9. The van der Waals surface area contributed by atoms with Crippen molar-refractivity contribution in [1.29, 1.82) is 0 Å². The number of hydrogen-bond donors (Lipinski definition) is 6. The van der Waals surface area contributed by atoms with Crippen LogP contribution in [0.2, 0.25) is 0 Å². The monoisotopic (exact) mass is 366 g/mol. The van der Waals surface area contributed by atoms with Gasteiger partial charge in [-0.15, -0.1) is 0 Å². The van der Waals surface area contributed by atoms with Crippen LogP contribution in [-0.4, -0.2) is 52.5 Å². The van der Waals surface area contributed by atoms with E-state index in [0.717, 1.165) is 0 Å². The van der Waals surface area contributed by atoms with E-state index < -0.39 is 35.8 Å². The van der Waals surface area contributed by atoms with Gasteiger partial charge in [0.1, 0.15) is 17.8 Å². The Kier molecular flexibility index (Phi) is 8.03. The number of hydrogen-bond acceptors (Lipinski definition) is 6. The van der Waals surface area contributed by atoms with Crippen LogP contribution in [0.1, 0.15) is 18.4 Å². The number of carbonyl (C=O) groups is 4. The van der Waals surface area contributed by atoms with Gasteiger partial charge in [-0.2, -0.15) is 0 Å². The average molecular weight is 366 g/mol. The highest BCUT2D eigenvalue weighted by atomic mass is 16.4. The molecule has 10 heteroatoms. The molecule has 0 heterocycles. The highest BCUT2D eigenvalue weighted by Crippen LogP contribution is 2.12. The van der Waals surface area contributed by atoms with Crippen molar-refractivity contribution in [3.8, 4) is 5.75 Å². The summed E-state index contributed by atoms with van der Waals surface area (Å²) in [6.07, 6.45) is -0.331. The Morgan fingerprint density at radius 1 is 1.04 bits per heavy atom. The number of benzene rings is 1. The van der Waals surface area contributed by atoms with Gasteiger partial charge in [0, 0.05) is 12.8 Å². The summed E-state index contributed by atoms with van der Waals surface area (Å²) >= 11 is 0. The summed E-state index contributed by atoms with van der Waals surface area (Å²) in [6.45, 7) is -0.344. The number of primary amides is 1. The first-order valence-corrected chi connectivity index (χ1v) is 7.81. The molecule has 0 aliphatic carbocycles. The van der Waals surface area contributed by atoms with Crippen molar-refractivity contribution in [2.45, 2.75) is 31.3 Å². The lowest BCUT2D eigenvalue weighted by Crippen LogP contribution is -2.53. The SMILES string of the molecule is NCC(=O)N[C@@H](Cc1ccc(O)cc1)C(=O)N[C@@H](CCC(N)=O)C(=O)O. The molecule has 26 heavy (non-hydrogen) atoms. The molecule has 10 nitrogen and oxygen atoms in total. The van der Waals surface area contributed by atoms with Gasteiger partial charge < -0.3 is 32.3 Å². The van der Waals surface area contributed by atoms with E-state index in [9.17, 15) is 24.3 Å². The number of amides is 3. The van der Waals surface area contributed by atoms with Gasteiger partial charge in [-0.3, -0.25) is 14.4 Å². The van der Waals surface area contributed by atoms with Crippen LogP contribution in [0.5, 0.6) is 5.75 Å². The van der Waals surface area contributed by atoms with E-state index in [1.807, 2.05) is 0 Å². The fraction of sp³-hybridized carbons (Fsp3) is 0.375. The van der Waals surface area contributed by atoms with Gasteiger partial charge in [0.05, 0.1) is 6.54 Å². The fourth-order valence-electron chi connectivity index (χ4n) is 2.15. The van der Waals surface area contributed by atoms with E-state index in [1.54, 1.807) is 12.1 Å². The van der Waals surface area contributed by atoms with Gasteiger partial charge >= 0.3 is 5.97 Å². The van der Waals surface area contributed by atoms with Crippen LogP contribution < -0.4 is 22.1 Å². The van der Waals surface area contributed by atoms with Gasteiger partial charge in [-0.25, -0.2) is 4.79 Å². The second-order valence-electron chi connectivity index (χ2n) is 5.60. The zero-order valence-corrected chi connectivity index (χ0v) is 14.0. The number of carbonyl (C=O) groups excluding carboxylic acids is 3. The van der Waals surface area contributed by atoms with Gasteiger partial charge in [0.25, 0.3) is 0 Å². The van der Waals surface area contributed by atoms with Gasteiger partial charge in [0.15, 0.2) is 0 Å². The Hall–Kier alpha value is -3.14. The predicted molar refractivity (Wildman–Crippen MR) is 90.8 cm³/mol. The summed E-state index contributed by atoms with van der Waals surface area (Å²) in [7, 11) is 0. The van der Waals surface area contributed by atoms with Crippen molar-refractivity contribution in [3.05, 3.63) is 29.8 Å². The molecule has 142 valence electrons. The highest BCUT2D eigenvalue weighted by Gasteiger charge is 2.26. The zero-order valence-electron chi connectivity index (χ0n) is 14.0. The van der Waals surface area contributed by atoms with Crippen LogP contribution in [0.15, 0.2) is 24.3 Å². The standard InChI is InChI=1S/C16H22N4O6/c17-8-14(23)19-12(7-9-1-3-10(21)4-2-9)15(24)20-11(16(25)26)5-6-13(18)22/h1-4,11-12,21H,5-8,17H2,(H2,18,22)(H,19,23)(H,20,24)(H,25,26)/t11-,12-/m0/s1. The molecule has 0 aromatic heterocycles. The molecular formula is C16H22N4O6. The summed E-state index contributed by atoms with van der Waals surface area (Å²) in [5, 5.41) is 23.2. The Morgan fingerprint density at radius 3 is 2.15 bits per heavy atom. The molecule has 0 bridgehead atoms. The Morgan fingerprint density at radius 2 is 1.65 bits per heavy atom. The van der Waals surface area contributed by atoms with Gasteiger partial charge in [-0.1, -0.05) is 12.1 Å². The number of phenolic OH excluding ortho intramolecular Hbond substituents is 1. The highest BCUT2D eigenvalue weighted by molar-refractivity contribution is 5.91. The molecule has 0 radical (unpaired) electrons. The molecule has 3 amide bonds. The summed E-state index contributed by atoms with van der Waals surface area (Å²) in [5.41, 5.74) is 10.9. The number of carboxylic acid groups (broad SMARTS) is 1. The van der Waals surface area contributed by atoms with Crippen molar-refractivity contribution in [1.82, 2.24) is 10.6 Å². The molecular weight excluding hydrogens is 344 g/mol. The van der Waals surface area contributed by atoms with Crippen LogP contribution in [0, 0.1) is 0 Å². The third-order valence-corrected chi connectivity index (χ3v) is 3.51. The lowest BCUT2D eigenvalue weighted by molar-refractivity contribution is -0.142. The predicted octanol–water partition coefficient (Wildman–Crippen LogP) is -1.79. The van der Waals surface area contributed by atoms with E-state index in [1.165, 1.54) is 12.1 Å². The Labute approximate surface area is 149 Å². The molecule has 1 aromatic rings. The topological polar surface area (TPSA) is 185 Å². The number of aromatic hydroxyl groups is 1. The number of nitrogens with two attached hydrogens (primary N) is 2. The average Bonchev–Trinajstić information content (AvgIpc) is 2.58. The summed E-state index contributed by atoms with van der Waals surface area (Å²) < 4.78 is 0. The molecule has 0 aliphatic heterocycles. The number of aliphatic carboxylic acids is 1. The van der Waals surface area contributed by atoms with Gasteiger partial charge in [0.2, 0.25) is 17.7 Å². The van der Waals surface area contributed by atoms with E-state index in [-0.39, 0.29) is 31.6 Å². The van der Waals surface area contributed by atoms with Crippen LogP contribution in [0.4, 0.5) is 0 Å². The molecule has 0 saturated heterocycles. The minimum Gasteiger partial charge on any atom is -0.508 e. The number of phenols is 1. The van der Waals surface area contributed by atoms with E-state index in [4.69, 9.17) is 16.6 Å². The first-order chi connectivity index (χ1) is 12.2. The molecule has 8 N–H and O–H groups in total. The van der Waals surface area contributed by atoms with Crippen molar-refractivity contribution in [2.75, 3.05) is 6.54 Å². The zero-order chi connectivity index (χ0) is 19.7. The quantitative estimate of drug-likeness (QED) is 0.282. The summed E-state index contributed by atoms with van der Waals surface area (Å²) in [4.78, 5) is 46.1. The third-order valence-electron chi connectivity index (χ3n) is 3.51. The number of nitrogens with one attached hydrogen (secondary N) is 2. The largest absolute Gasteiger partial charge is 0.508 e. The second kappa shape index (κ2) is 9.99. The molecule has 2 atom stereocenters. The summed E-state index contributed by atoms with van der Waals surface area (Å²) in [5.74, 6) is -3.31. The second-order valence-corrected chi connectivity index (χ2v) is 5.60. The van der Waals surface area contributed by atoms with E-state index >= 15 is 0 Å². The lowest BCUT2D eigenvalue weighted by Gasteiger charge is -2.21. The van der Waals surface area contributed by atoms with Crippen molar-refractivity contribution in [2.24, 2.45) is 11.5 Å². The van der Waals surface area contributed by atoms with Crippen LogP contribution in [-0.2, 0) is 25.6 Å². The van der Waals surface area contributed by atoms with E-state index in [0.29, 0.717) is 5.56 Å². The van der Waals surface area contributed by atoms with E-state index in [2.05, 4.69) is 10.6 Å². The maximum atomic E-state index is 12.4. The molecule has 1 rings (SSSR count). The van der Waals surface area contributed by atoms with Crippen molar-refractivity contribution < 1.29 is 29.4 Å². The Bertz CT molecular complexity index is 661. The lowest BCUT2D eigenvalue weighted by atomic mass is 10.0. The number of rotatable bonds is 10. The molecule has 0 spiro atoms. The van der Waals surface area contributed by atoms with Crippen LogP contribution in [0.25, 0.3) is 0 Å². The smallest absolute Gasteiger partial charge is 0.326 e. The Balaban J connectivity index is 2.87. The minimum atomic E-state index is -1.33. The molecule has 0 unspecified atom stereocenters. The van der Waals surface area contributed by atoms with Gasteiger partial charge in [-0.05, 0) is 24.1 Å². The van der Waals surface area contributed by atoms with Crippen LogP contribution in [0.3, 0.4) is 0 Å². The van der Waals surface area contributed by atoms with Crippen LogP contribution >= 0.6 is 0 Å². The minimum absolute atomic E-state index is 0.0399. The normalized spacial score (nSPS) is 12.7. The molecule has 0 fully saturated rings. The maximum absolute atomic E-state index is 12.4. The third kappa shape index (κ3) is 7.18. The fourth-order valence-corrected chi connectivity index (χ4v) is 2.15. The number of carboxylic acids is 1. The van der Waals surface area contributed by atoms with Crippen molar-refractivity contribution >= 4 is 23.7 Å². The maximum Gasteiger partial charge on any atom is 0.326 e. The first-order valence-electron chi connectivity index (χ1n) is 7.81.